The van der Waals surface area contributed by atoms with Gasteiger partial charge in [-0.2, -0.15) is 0 Å². The van der Waals surface area contributed by atoms with Gasteiger partial charge < -0.3 is 10.5 Å². The van der Waals surface area contributed by atoms with E-state index in [1.165, 1.54) is 7.11 Å². The quantitative estimate of drug-likeness (QED) is 0.692. The molecule has 1 atom stereocenters. The number of ether oxygens (including phenoxy) is 1. The van der Waals surface area contributed by atoms with Crippen LogP contribution in [0.1, 0.15) is 18.9 Å². The van der Waals surface area contributed by atoms with Crippen molar-refractivity contribution in [2.45, 2.75) is 19.9 Å². The van der Waals surface area contributed by atoms with E-state index in [0.717, 1.165) is 5.56 Å². The van der Waals surface area contributed by atoms with Crippen molar-refractivity contribution in [3.05, 3.63) is 35.9 Å². The number of esters is 1. The number of methoxy groups -OCH3 is 1. The summed E-state index contributed by atoms with van der Waals surface area (Å²) < 4.78 is 4.74. The average molecular weight is 321 g/mol. The first kappa shape index (κ1) is 18.6. The van der Waals surface area contributed by atoms with E-state index in [9.17, 15) is 14.4 Å². The molecule has 0 heterocycles. The highest BCUT2D eigenvalue weighted by Crippen LogP contribution is 2.09. The lowest BCUT2D eigenvalue weighted by Crippen LogP contribution is -2.38. The Balaban J connectivity index is 2.65. The summed E-state index contributed by atoms with van der Waals surface area (Å²) in [5, 5.41) is 2.03. The second-order valence-electron chi connectivity index (χ2n) is 5.31. The van der Waals surface area contributed by atoms with E-state index in [1.54, 1.807) is 6.92 Å². The van der Waals surface area contributed by atoms with Gasteiger partial charge in [-0.05, 0) is 5.56 Å². The monoisotopic (exact) mass is 321 g/mol. The Morgan fingerprint density at radius 1 is 1.26 bits per heavy atom. The molecule has 1 aromatic rings. The van der Waals surface area contributed by atoms with Crippen LogP contribution in [-0.4, -0.2) is 43.0 Å². The van der Waals surface area contributed by atoms with Crippen molar-refractivity contribution in [1.29, 1.82) is 0 Å². The van der Waals surface area contributed by atoms with Gasteiger partial charge in [0.05, 0.1) is 13.0 Å². The Morgan fingerprint density at radius 2 is 1.91 bits per heavy atom. The summed E-state index contributed by atoms with van der Waals surface area (Å²) >= 11 is 0. The van der Waals surface area contributed by atoms with Crippen molar-refractivity contribution in [2.75, 3.05) is 20.2 Å². The van der Waals surface area contributed by atoms with Crippen molar-refractivity contribution in [1.82, 2.24) is 10.2 Å². The van der Waals surface area contributed by atoms with Crippen molar-refractivity contribution in [3.8, 4) is 0 Å². The molecule has 0 aliphatic rings. The van der Waals surface area contributed by atoms with Gasteiger partial charge in [0.15, 0.2) is 0 Å². The standard InChI is InChI=1S/C16H23N3O4/c1-12(15(21)23-2)10-19(9-8-14(20)18-16(17)22)11-13-6-4-3-5-7-13/h3-7,12H,8-11H2,1-2H3,(H3,17,18,20,22)/t12-/m1/s1. The summed E-state index contributed by atoms with van der Waals surface area (Å²) in [7, 11) is 1.35. The minimum Gasteiger partial charge on any atom is -0.469 e. The first-order chi connectivity index (χ1) is 10.9. The molecule has 3 amide bonds. The zero-order valence-corrected chi connectivity index (χ0v) is 13.5. The number of rotatable bonds is 8. The van der Waals surface area contributed by atoms with Gasteiger partial charge in [-0.1, -0.05) is 37.3 Å². The lowest BCUT2D eigenvalue weighted by atomic mass is 10.1. The van der Waals surface area contributed by atoms with E-state index in [1.807, 2.05) is 40.5 Å². The third-order valence-electron chi connectivity index (χ3n) is 3.30. The molecule has 0 saturated heterocycles. The molecule has 0 fully saturated rings. The fourth-order valence-corrected chi connectivity index (χ4v) is 2.20. The lowest BCUT2D eigenvalue weighted by molar-refractivity contribution is -0.145. The van der Waals surface area contributed by atoms with Crippen LogP contribution in [0, 0.1) is 5.92 Å². The third kappa shape index (κ3) is 7.42. The molecule has 0 aromatic heterocycles. The molecule has 1 rings (SSSR count). The number of hydrogen-bond donors (Lipinski definition) is 2. The van der Waals surface area contributed by atoms with Gasteiger partial charge in [0.2, 0.25) is 5.91 Å². The van der Waals surface area contributed by atoms with Crippen LogP contribution >= 0.6 is 0 Å². The zero-order valence-electron chi connectivity index (χ0n) is 13.5. The topological polar surface area (TPSA) is 102 Å². The van der Waals surface area contributed by atoms with E-state index >= 15 is 0 Å². The van der Waals surface area contributed by atoms with E-state index in [0.29, 0.717) is 19.6 Å². The van der Waals surface area contributed by atoms with Crippen molar-refractivity contribution >= 4 is 17.9 Å². The third-order valence-corrected chi connectivity index (χ3v) is 3.30. The van der Waals surface area contributed by atoms with Crippen LogP contribution in [0.2, 0.25) is 0 Å². The van der Waals surface area contributed by atoms with Crippen LogP contribution in [0.4, 0.5) is 4.79 Å². The summed E-state index contributed by atoms with van der Waals surface area (Å²) in [6.07, 6.45) is 0.115. The second-order valence-corrected chi connectivity index (χ2v) is 5.31. The van der Waals surface area contributed by atoms with Crippen LogP contribution in [0.15, 0.2) is 30.3 Å². The van der Waals surface area contributed by atoms with Gasteiger partial charge in [-0.15, -0.1) is 0 Å². The highest BCUT2D eigenvalue weighted by molar-refractivity contribution is 5.93. The number of benzene rings is 1. The molecule has 0 bridgehead atoms. The second kappa shape index (κ2) is 9.58. The number of urea groups is 1. The van der Waals surface area contributed by atoms with Crippen LogP contribution in [0.5, 0.6) is 0 Å². The fourth-order valence-electron chi connectivity index (χ4n) is 2.20. The fraction of sp³-hybridized carbons (Fsp3) is 0.438. The normalized spacial score (nSPS) is 11.8. The maximum absolute atomic E-state index is 11.6. The SMILES string of the molecule is COC(=O)[C@H](C)CN(CCC(=O)NC(N)=O)Cc1ccccc1. The number of carbonyl (C=O) groups is 3. The number of nitrogens with zero attached hydrogens (tertiary/aromatic N) is 1. The predicted octanol–water partition coefficient (Wildman–Crippen LogP) is 0.883. The first-order valence-electron chi connectivity index (χ1n) is 7.35. The van der Waals surface area contributed by atoms with Gasteiger partial charge in [0.1, 0.15) is 0 Å². The molecule has 0 aliphatic heterocycles. The van der Waals surface area contributed by atoms with Crippen molar-refractivity contribution < 1.29 is 19.1 Å². The summed E-state index contributed by atoms with van der Waals surface area (Å²) in [6, 6.07) is 8.85. The Kier molecular flexibility index (Phi) is 7.76. The molecule has 0 aliphatic carbocycles. The molecule has 0 radical (unpaired) electrons. The Bertz CT molecular complexity index is 533. The molecule has 7 nitrogen and oxygen atoms in total. The van der Waals surface area contributed by atoms with Gasteiger partial charge >= 0.3 is 12.0 Å². The average Bonchev–Trinajstić information content (AvgIpc) is 2.52. The molecule has 126 valence electrons. The van der Waals surface area contributed by atoms with Crippen LogP contribution in [0.3, 0.4) is 0 Å². The van der Waals surface area contributed by atoms with Gasteiger partial charge in [0.25, 0.3) is 0 Å². The highest BCUT2D eigenvalue weighted by atomic mass is 16.5. The maximum Gasteiger partial charge on any atom is 0.318 e. The van der Waals surface area contributed by atoms with Gasteiger partial charge in [0, 0.05) is 26.1 Å². The molecule has 0 spiro atoms. The zero-order chi connectivity index (χ0) is 17.2. The summed E-state index contributed by atoms with van der Waals surface area (Å²) in [4.78, 5) is 35.8. The van der Waals surface area contributed by atoms with Crippen molar-refractivity contribution in [2.24, 2.45) is 11.7 Å². The molecule has 3 N–H and O–H groups in total. The molecular weight excluding hydrogens is 298 g/mol. The molecular formula is C16H23N3O4. The molecule has 0 unspecified atom stereocenters. The largest absolute Gasteiger partial charge is 0.469 e. The minimum atomic E-state index is -0.868. The van der Waals surface area contributed by atoms with E-state index in [2.05, 4.69) is 0 Å². The van der Waals surface area contributed by atoms with E-state index < -0.39 is 11.9 Å². The molecule has 7 heteroatoms. The maximum atomic E-state index is 11.6. The molecule has 23 heavy (non-hydrogen) atoms. The molecule has 0 saturated carbocycles. The smallest absolute Gasteiger partial charge is 0.318 e. The summed E-state index contributed by atoms with van der Waals surface area (Å²) in [6.45, 7) is 3.21. The lowest BCUT2D eigenvalue weighted by Gasteiger charge is -2.24. The summed E-state index contributed by atoms with van der Waals surface area (Å²) in [5.74, 6) is -1.06. The van der Waals surface area contributed by atoms with E-state index in [4.69, 9.17) is 10.5 Å². The predicted molar refractivity (Wildman–Crippen MR) is 85.2 cm³/mol. The number of nitrogens with one attached hydrogen (secondary N) is 1. The number of nitrogens with two attached hydrogens (primary N) is 1. The number of hydrogen-bond acceptors (Lipinski definition) is 5. The van der Waals surface area contributed by atoms with Crippen LogP contribution < -0.4 is 11.1 Å². The Hall–Kier alpha value is -2.41. The minimum absolute atomic E-state index is 0.115. The Morgan fingerprint density at radius 3 is 2.48 bits per heavy atom. The molecule has 1 aromatic carbocycles. The van der Waals surface area contributed by atoms with Crippen molar-refractivity contribution in [3.63, 3.8) is 0 Å². The number of imide groups is 1. The van der Waals surface area contributed by atoms with Gasteiger partial charge in [-0.25, -0.2) is 4.79 Å². The number of primary amides is 1. The number of carbonyl (C=O) groups excluding carboxylic acids is 3. The highest BCUT2D eigenvalue weighted by Gasteiger charge is 2.18. The summed E-state index contributed by atoms with van der Waals surface area (Å²) in [5.41, 5.74) is 5.99. The first-order valence-corrected chi connectivity index (χ1v) is 7.35. The van der Waals surface area contributed by atoms with Crippen LogP contribution in [-0.2, 0) is 20.9 Å². The number of amides is 3. The van der Waals surface area contributed by atoms with E-state index in [-0.39, 0.29) is 18.3 Å². The van der Waals surface area contributed by atoms with Crippen LogP contribution in [0.25, 0.3) is 0 Å². The Labute approximate surface area is 135 Å². The van der Waals surface area contributed by atoms with Gasteiger partial charge in [-0.3, -0.25) is 19.8 Å².